The lowest BCUT2D eigenvalue weighted by molar-refractivity contribution is -0.165. The van der Waals surface area contributed by atoms with Gasteiger partial charge in [-0.2, -0.15) is 0 Å². The van der Waals surface area contributed by atoms with E-state index < -0.39 is 0 Å². The fourth-order valence-corrected chi connectivity index (χ4v) is 2.81. The van der Waals surface area contributed by atoms with Crippen LogP contribution < -0.4 is 5.73 Å². The number of hydrogen-bond donors (Lipinski definition) is 1. The Labute approximate surface area is 88.5 Å². The summed E-state index contributed by atoms with van der Waals surface area (Å²) in [6, 6.07) is 0. The molecule has 5 nitrogen and oxygen atoms in total. The van der Waals surface area contributed by atoms with E-state index >= 15 is 0 Å². The molecule has 1 amide bonds. The summed E-state index contributed by atoms with van der Waals surface area (Å²) in [6.45, 7) is 2.12. The maximum absolute atomic E-state index is 11.2. The zero-order valence-corrected chi connectivity index (χ0v) is 8.86. The molecule has 0 radical (unpaired) electrons. The third kappa shape index (κ3) is 1.84. The molecule has 0 atom stereocenters. The van der Waals surface area contributed by atoms with E-state index in [2.05, 4.69) is 4.74 Å². The summed E-state index contributed by atoms with van der Waals surface area (Å²) < 4.78 is 4.68. The first kappa shape index (κ1) is 10.4. The van der Waals surface area contributed by atoms with E-state index in [4.69, 9.17) is 5.73 Å². The fraction of sp³-hybridized carbons (Fsp3) is 0.800. The molecular weight excluding hydrogens is 196 g/mol. The van der Waals surface area contributed by atoms with Crippen LogP contribution in [0.2, 0.25) is 0 Å². The number of hydrogen-bond acceptors (Lipinski definition) is 4. The lowest BCUT2D eigenvalue weighted by Crippen LogP contribution is -2.64. The Morgan fingerprint density at radius 2 is 2.07 bits per heavy atom. The van der Waals surface area contributed by atoms with Gasteiger partial charge in [-0.15, -0.1) is 0 Å². The van der Waals surface area contributed by atoms with Crippen LogP contribution >= 0.6 is 0 Å². The lowest BCUT2D eigenvalue weighted by Gasteiger charge is -2.58. The predicted octanol–water partition coefficient (Wildman–Crippen LogP) is -0.643. The molecule has 0 unspecified atom stereocenters. The van der Waals surface area contributed by atoms with E-state index in [0.717, 1.165) is 25.9 Å². The molecule has 0 aromatic rings. The molecule has 1 heterocycles. The van der Waals surface area contributed by atoms with Crippen LogP contribution in [0.15, 0.2) is 0 Å². The first-order valence-electron chi connectivity index (χ1n) is 5.13. The molecular formula is C10H16N2O3. The minimum Gasteiger partial charge on any atom is -0.469 e. The smallest absolute Gasteiger partial charge is 0.308 e. The van der Waals surface area contributed by atoms with Crippen molar-refractivity contribution in [3.63, 3.8) is 0 Å². The Hall–Kier alpha value is -1.10. The number of carbonyl (C=O) groups excluding carboxylic acids is 2. The van der Waals surface area contributed by atoms with E-state index in [1.54, 1.807) is 0 Å². The third-order valence-electron chi connectivity index (χ3n) is 3.39. The highest BCUT2D eigenvalue weighted by molar-refractivity contribution is 5.76. The quantitative estimate of drug-likeness (QED) is 0.631. The number of methoxy groups -OCH3 is 1. The van der Waals surface area contributed by atoms with Gasteiger partial charge in [0.25, 0.3) is 0 Å². The molecule has 5 heteroatoms. The third-order valence-corrected chi connectivity index (χ3v) is 3.39. The van der Waals surface area contributed by atoms with E-state index in [-0.39, 0.29) is 23.2 Å². The molecule has 1 spiro atoms. The van der Waals surface area contributed by atoms with Gasteiger partial charge < -0.3 is 10.5 Å². The first-order valence-corrected chi connectivity index (χ1v) is 5.13. The molecule has 15 heavy (non-hydrogen) atoms. The molecule has 1 aliphatic carbocycles. The molecule has 0 aromatic heterocycles. The van der Waals surface area contributed by atoms with Gasteiger partial charge in [-0.05, 0) is 18.3 Å². The molecule has 0 aromatic carbocycles. The average molecular weight is 212 g/mol. The van der Waals surface area contributed by atoms with Crippen LogP contribution in [0, 0.1) is 11.3 Å². The van der Waals surface area contributed by atoms with Gasteiger partial charge in [-0.3, -0.25) is 14.5 Å². The first-order chi connectivity index (χ1) is 7.04. The van der Waals surface area contributed by atoms with Crippen LogP contribution in [-0.4, -0.2) is 43.5 Å². The molecule has 1 saturated carbocycles. The van der Waals surface area contributed by atoms with E-state index in [1.165, 1.54) is 7.11 Å². The summed E-state index contributed by atoms with van der Waals surface area (Å²) in [5.74, 6) is -0.312. The summed E-state index contributed by atoms with van der Waals surface area (Å²) in [4.78, 5) is 23.8. The van der Waals surface area contributed by atoms with Crippen LogP contribution in [0.5, 0.6) is 0 Å². The molecule has 1 saturated heterocycles. The van der Waals surface area contributed by atoms with Gasteiger partial charge in [-0.1, -0.05) is 0 Å². The van der Waals surface area contributed by atoms with Crippen LogP contribution in [0.25, 0.3) is 0 Å². The topological polar surface area (TPSA) is 72.6 Å². The standard InChI is InChI=1S/C10H16N2O3/c1-15-9(14)7-2-10(3-7)5-12(6-10)4-8(11)13/h7H,2-6H2,1H3,(H2,11,13). The van der Waals surface area contributed by atoms with Crippen LogP contribution in [0.1, 0.15) is 12.8 Å². The normalized spacial score (nSPS) is 24.3. The van der Waals surface area contributed by atoms with Crippen LogP contribution in [0.3, 0.4) is 0 Å². The van der Waals surface area contributed by atoms with E-state index in [1.807, 2.05) is 4.90 Å². The summed E-state index contributed by atoms with van der Waals surface area (Å²) in [6.07, 6.45) is 1.80. The van der Waals surface area contributed by atoms with Crippen molar-refractivity contribution >= 4 is 11.9 Å². The number of amides is 1. The highest BCUT2D eigenvalue weighted by Gasteiger charge is 2.54. The van der Waals surface area contributed by atoms with Crippen LogP contribution in [0.4, 0.5) is 0 Å². The van der Waals surface area contributed by atoms with Gasteiger partial charge in [-0.25, -0.2) is 0 Å². The Morgan fingerprint density at radius 1 is 1.47 bits per heavy atom. The van der Waals surface area contributed by atoms with Crippen molar-refractivity contribution in [2.24, 2.45) is 17.1 Å². The van der Waals surface area contributed by atoms with Gasteiger partial charge in [0.05, 0.1) is 19.6 Å². The van der Waals surface area contributed by atoms with Crippen molar-refractivity contribution in [1.29, 1.82) is 0 Å². The second-order valence-electron chi connectivity index (χ2n) is 4.74. The summed E-state index contributed by atoms with van der Waals surface area (Å²) in [5.41, 5.74) is 5.37. The second kappa shape index (κ2) is 3.48. The molecule has 2 aliphatic rings. The van der Waals surface area contributed by atoms with Crippen molar-refractivity contribution in [2.75, 3.05) is 26.7 Å². The van der Waals surface area contributed by atoms with Gasteiger partial charge in [0.1, 0.15) is 0 Å². The fourth-order valence-electron chi connectivity index (χ4n) is 2.81. The largest absolute Gasteiger partial charge is 0.469 e. The highest BCUT2D eigenvalue weighted by Crippen LogP contribution is 2.51. The number of nitrogens with two attached hydrogens (primary N) is 1. The van der Waals surface area contributed by atoms with Gasteiger partial charge >= 0.3 is 5.97 Å². The Kier molecular flexibility index (Phi) is 2.42. The molecule has 0 bridgehead atoms. The number of carbonyl (C=O) groups is 2. The Balaban J connectivity index is 1.73. The number of esters is 1. The number of nitrogens with zero attached hydrogens (tertiary/aromatic N) is 1. The number of rotatable bonds is 3. The van der Waals surface area contributed by atoms with Gasteiger partial charge in [0, 0.05) is 13.1 Å². The van der Waals surface area contributed by atoms with E-state index in [0.29, 0.717) is 6.54 Å². The van der Waals surface area contributed by atoms with Gasteiger partial charge in [0.15, 0.2) is 0 Å². The van der Waals surface area contributed by atoms with Crippen molar-refractivity contribution in [3.05, 3.63) is 0 Å². The molecule has 1 aliphatic heterocycles. The molecule has 84 valence electrons. The maximum Gasteiger partial charge on any atom is 0.308 e. The SMILES string of the molecule is COC(=O)C1CC2(C1)CN(CC(N)=O)C2. The lowest BCUT2D eigenvalue weighted by atomic mass is 9.58. The molecule has 2 rings (SSSR count). The minimum absolute atomic E-state index is 0.0747. The summed E-state index contributed by atoms with van der Waals surface area (Å²) in [7, 11) is 1.42. The minimum atomic E-state index is -0.284. The summed E-state index contributed by atoms with van der Waals surface area (Å²) in [5, 5.41) is 0. The van der Waals surface area contributed by atoms with E-state index in [9.17, 15) is 9.59 Å². The summed E-state index contributed by atoms with van der Waals surface area (Å²) >= 11 is 0. The number of primary amides is 1. The second-order valence-corrected chi connectivity index (χ2v) is 4.74. The van der Waals surface area contributed by atoms with Crippen molar-refractivity contribution in [2.45, 2.75) is 12.8 Å². The molecule has 2 fully saturated rings. The van der Waals surface area contributed by atoms with Crippen molar-refractivity contribution in [1.82, 2.24) is 4.90 Å². The van der Waals surface area contributed by atoms with Crippen molar-refractivity contribution in [3.8, 4) is 0 Å². The Bertz CT molecular complexity index is 289. The monoisotopic (exact) mass is 212 g/mol. The highest BCUT2D eigenvalue weighted by atomic mass is 16.5. The van der Waals surface area contributed by atoms with Crippen molar-refractivity contribution < 1.29 is 14.3 Å². The molecule has 2 N–H and O–H groups in total. The number of ether oxygens (including phenoxy) is 1. The average Bonchev–Trinajstić information content (AvgIpc) is 2.05. The zero-order chi connectivity index (χ0) is 11.1. The maximum atomic E-state index is 11.2. The number of likely N-dealkylation sites (tertiary alicyclic amines) is 1. The van der Waals surface area contributed by atoms with Gasteiger partial charge in [0.2, 0.25) is 5.91 Å². The Morgan fingerprint density at radius 3 is 2.53 bits per heavy atom. The zero-order valence-electron chi connectivity index (χ0n) is 8.86. The predicted molar refractivity (Wildman–Crippen MR) is 52.8 cm³/mol. The van der Waals surface area contributed by atoms with Crippen LogP contribution in [-0.2, 0) is 14.3 Å².